The van der Waals surface area contributed by atoms with Crippen molar-refractivity contribution in [2.45, 2.75) is 19.5 Å². The molecular weight excluding hydrogens is 396 g/mol. The van der Waals surface area contributed by atoms with Crippen molar-refractivity contribution in [2.75, 3.05) is 33.6 Å². The monoisotopic (exact) mass is 422 g/mol. The first-order valence-corrected chi connectivity index (χ1v) is 10.0. The average Bonchev–Trinajstić information content (AvgIpc) is 2.78. The van der Waals surface area contributed by atoms with Crippen LogP contribution in [0.5, 0.6) is 17.2 Å². The molecule has 0 fully saturated rings. The van der Waals surface area contributed by atoms with Crippen LogP contribution in [0.4, 0.5) is 5.69 Å². The fraction of sp³-hybridized carbons (Fsp3) is 0.304. The van der Waals surface area contributed by atoms with Gasteiger partial charge in [-0.05, 0) is 48.4 Å². The van der Waals surface area contributed by atoms with Crippen LogP contribution in [0.15, 0.2) is 41.2 Å². The van der Waals surface area contributed by atoms with E-state index in [1.807, 2.05) is 24.3 Å². The number of nitrogens with two attached hydrogens (primary N) is 1. The summed E-state index contributed by atoms with van der Waals surface area (Å²) in [4.78, 5) is 22.6. The first kappa shape index (κ1) is 20.7. The van der Waals surface area contributed by atoms with E-state index in [1.165, 1.54) is 0 Å². The topological polar surface area (TPSA) is 103 Å². The Balaban J connectivity index is 1.60. The molecule has 3 aromatic rings. The normalized spacial score (nSPS) is 13.5. The molecule has 1 aromatic heterocycles. The number of aromatic nitrogens is 2. The molecule has 31 heavy (non-hydrogen) atoms. The van der Waals surface area contributed by atoms with Crippen molar-refractivity contribution >= 4 is 5.69 Å². The molecule has 0 spiro atoms. The Kier molecular flexibility index (Phi) is 5.81. The zero-order valence-electron chi connectivity index (χ0n) is 17.9. The van der Waals surface area contributed by atoms with Gasteiger partial charge in [0, 0.05) is 36.4 Å². The van der Waals surface area contributed by atoms with Crippen LogP contribution in [0, 0.1) is 0 Å². The van der Waals surface area contributed by atoms with Gasteiger partial charge in [0.2, 0.25) is 5.75 Å². The first-order chi connectivity index (χ1) is 15.0. The summed E-state index contributed by atoms with van der Waals surface area (Å²) in [5.74, 6) is 2.36. The van der Waals surface area contributed by atoms with Crippen molar-refractivity contribution in [2.24, 2.45) is 0 Å². The SMILES string of the molecule is COc1cc(CN2CCc3c(nc(-c4ccc(N)cc4)[nH]c3=O)C2)cc(OC)c1OC. The lowest BCUT2D eigenvalue weighted by Gasteiger charge is -2.28. The van der Waals surface area contributed by atoms with E-state index in [4.69, 9.17) is 24.9 Å². The number of nitrogens with zero attached hydrogens (tertiary/aromatic N) is 2. The van der Waals surface area contributed by atoms with Gasteiger partial charge in [0.05, 0.1) is 27.0 Å². The minimum atomic E-state index is -0.0794. The molecule has 0 amide bonds. The molecule has 0 bridgehead atoms. The summed E-state index contributed by atoms with van der Waals surface area (Å²) in [6, 6.07) is 11.2. The number of ether oxygens (including phenoxy) is 3. The molecule has 8 heteroatoms. The summed E-state index contributed by atoms with van der Waals surface area (Å²) in [6.45, 7) is 2.01. The molecule has 1 aliphatic rings. The second kappa shape index (κ2) is 8.69. The van der Waals surface area contributed by atoms with Crippen molar-refractivity contribution < 1.29 is 14.2 Å². The minimum absolute atomic E-state index is 0.0794. The highest BCUT2D eigenvalue weighted by molar-refractivity contribution is 5.59. The van der Waals surface area contributed by atoms with E-state index in [-0.39, 0.29) is 5.56 Å². The molecule has 2 heterocycles. The van der Waals surface area contributed by atoms with Crippen LogP contribution >= 0.6 is 0 Å². The van der Waals surface area contributed by atoms with Crippen molar-refractivity contribution in [1.29, 1.82) is 0 Å². The molecule has 0 saturated heterocycles. The van der Waals surface area contributed by atoms with Gasteiger partial charge in [0.1, 0.15) is 5.82 Å². The van der Waals surface area contributed by atoms with Crippen LogP contribution in [-0.4, -0.2) is 42.7 Å². The van der Waals surface area contributed by atoms with E-state index in [2.05, 4.69) is 9.88 Å². The third kappa shape index (κ3) is 4.20. The number of rotatable bonds is 6. The summed E-state index contributed by atoms with van der Waals surface area (Å²) < 4.78 is 16.3. The lowest BCUT2D eigenvalue weighted by molar-refractivity contribution is 0.239. The maximum atomic E-state index is 12.6. The molecule has 2 aromatic carbocycles. The summed E-state index contributed by atoms with van der Waals surface area (Å²) in [5.41, 5.74) is 9.77. The molecule has 0 radical (unpaired) electrons. The van der Waals surface area contributed by atoms with E-state index in [0.717, 1.165) is 28.9 Å². The number of methoxy groups -OCH3 is 3. The third-order valence-corrected chi connectivity index (χ3v) is 5.47. The second-order valence-electron chi connectivity index (χ2n) is 7.46. The van der Waals surface area contributed by atoms with E-state index < -0.39 is 0 Å². The standard InChI is InChI=1S/C23H26N4O4/c1-29-19-10-14(11-20(30-2)21(19)31-3)12-27-9-8-17-18(13-27)25-22(26-23(17)28)15-4-6-16(24)7-5-15/h4-7,10-11H,8-9,12-13,24H2,1-3H3,(H,25,26,28). The van der Waals surface area contributed by atoms with E-state index >= 15 is 0 Å². The lowest BCUT2D eigenvalue weighted by atomic mass is 10.0. The second-order valence-corrected chi connectivity index (χ2v) is 7.46. The number of H-pyrrole nitrogens is 1. The lowest BCUT2D eigenvalue weighted by Crippen LogP contribution is -2.35. The van der Waals surface area contributed by atoms with E-state index in [9.17, 15) is 4.79 Å². The Morgan fingerprint density at radius 1 is 1.06 bits per heavy atom. The molecular formula is C23H26N4O4. The number of nitrogens with one attached hydrogen (secondary N) is 1. The molecule has 162 valence electrons. The van der Waals surface area contributed by atoms with Crippen LogP contribution in [0.25, 0.3) is 11.4 Å². The van der Waals surface area contributed by atoms with Gasteiger partial charge in [-0.3, -0.25) is 9.69 Å². The van der Waals surface area contributed by atoms with Gasteiger partial charge in [-0.1, -0.05) is 0 Å². The Morgan fingerprint density at radius 3 is 2.35 bits per heavy atom. The quantitative estimate of drug-likeness (QED) is 0.589. The molecule has 4 rings (SSSR count). The van der Waals surface area contributed by atoms with Crippen molar-refractivity contribution in [3.05, 3.63) is 63.6 Å². The maximum absolute atomic E-state index is 12.6. The molecule has 1 aliphatic heterocycles. The highest BCUT2D eigenvalue weighted by Crippen LogP contribution is 2.38. The van der Waals surface area contributed by atoms with Gasteiger partial charge in [-0.2, -0.15) is 0 Å². The summed E-state index contributed by atoms with van der Waals surface area (Å²) >= 11 is 0. The van der Waals surface area contributed by atoms with Gasteiger partial charge in [-0.25, -0.2) is 4.98 Å². The number of benzene rings is 2. The van der Waals surface area contributed by atoms with Crippen LogP contribution < -0.4 is 25.5 Å². The number of anilines is 1. The minimum Gasteiger partial charge on any atom is -0.493 e. The Bertz CT molecular complexity index is 1120. The van der Waals surface area contributed by atoms with Gasteiger partial charge in [-0.15, -0.1) is 0 Å². The van der Waals surface area contributed by atoms with Gasteiger partial charge in [0.25, 0.3) is 5.56 Å². The van der Waals surface area contributed by atoms with Crippen molar-refractivity contribution in [3.8, 4) is 28.6 Å². The Labute approximate surface area is 180 Å². The third-order valence-electron chi connectivity index (χ3n) is 5.47. The molecule has 0 unspecified atom stereocenters. The number of hydrogen-bond donors (Lipinski definition) is 2. The molecule has 0 aliphatic carbocycles. The van der Waals surface area contributed by atoms with Crippen molar-refractivity contribution in [1.82, 2.24) is 14.9 Å². The van der Waals surface area contributed by atoms with E-state index in [0.29, 0.717) is 48.3 Å². The predicted molar refractivity (Wildman–Crippen MR) is 119 cm³/mol. The fourth-order valence-corrected chi connectivity index (χ4v) is 3.89. The van der Waals surface area contributed by atoms with E-state index in [1.54, 1.807) is 33.5 Å². The predicted octanol–water partition coefficient (Wildman–Crippen LogP) is 2.60. The van der Waals surface area contributed by atoms with Crippen LogP contribution in [0.1, 0.15) is 16.8 Å². The van der Waals surface area contributed by atoms with Crippen LogP contribution in [0.2, 0.25) is 0 Å². The summed E-state index contributed by atoms with van der Waals surface area (Å²) in [6.07, 6.45) is 0.643. The molecule has 0 saturated carbocycles. The van der Waals surface area contributed by atoms with Gasteiger partial charge >= 0.3 is 0 Å². The largest absolute Gasteiger partial charge is 0.493 e. The highest BCUT2D eigenvalue weighted by Gasteiger charge is 2.22. The smallest absolute Gasteiger partial charge is 0.254 e. The Hall–Kier alpha value is -3.52. The molecule has 0 atom stereocenters. The fourth-order valence-electron chi connectivity index (χ4n) is 3.89. The van der Waals surface area contributed by atoms with Gasteiger partial charge < -0.3 is 24.9 Å². The highest BCUT2D eigenvalue weighted by atomic mass is 16.5. The summed E-state index contributed by atoms with van der Waals surface area (Å²) in [7, 11) is 4.80. The Morgan fingerprint density at radius 2 is 1.74 bits per heavy atom. The molecule has 8 nitrogen and oxygen atoms in total. The number of nitrogen functional groups attached to an aromatic ring is 1. The van der Waals surface area contributed by atoms with Gasteiger partial charge in [0.15, 0.2) is 11.5 Å². The average molecular weight is 422 g/mol. The molecule has 3 N–H and O–H groups in total. The van der Waals surface area contributed by atoms with Crippen LogP contribution in [0.3, 0.4) is 0 Å². The van der Waals surface area contributed by atoms with Crippen molar-refractivity contribution in [3.63, 3.8) is 0 Å². The zero-order chi connectivity index (χ0) is 22.0. The number of aromatic amines is 1. The zero-order valence-corrected chi connectivity index (χ0v) is 17.9. The number of fused-ring (bicyclic) bond motifs is 1. The maximum Gasteiger partial charge on any atom is 0.254 e. The number of hydrogen-bond acceptors (Lipinski definition) is 7. The summed E-state index contributed by atoms with van der Waals surface area (Å²) in [5, 5.41) is 0. The van der Waals surface area contributed by atoms with Crippen LogP contribution in [-0.2, 0) is 19.5 Å². The first-order valence-electron chi connectivity index (χ1n) is 10.0.